The Bertz CT molecular complexity index is 1090. The zero-order valence-corrected chi connectivity index (χ0v) is 14.7. The van der Waals surface area contributed by atoms with Gasteiger partial charge in [-0.1, -0.05) is 17.7 Å². The van der Waals surface area contributed by atoms with Gasteiger partial charge in [-0.2, -0.15) is 0 Å². The summed E-state index contributed by atoms with van der Waals surface area (Å²) in [7, 11) is 1.08. The molecule has 0 saturated carbocycles. The van der Waals surface area contributed by atoms with Gasteiger partial charge in [0.15, 0.2) is 0 Å². The van der Waals surface area contributed by atoms with Gasteiger partial charge < -0.3 is 13.7 Å². The maximum atomic E-state index is 12.4. The van der Waals surface area contributed by atoms with Gasteiger partial charge >= 0.3 is 5.97 Å². The molecule has 0 aliphatic carbocycles. The summed E-state index contributed by atoms with van der Waals surface area (Å²) in [6.07, 6.45) is 2.35. The Morgan fingerprint density at radius 3 is 2.85 bits per heavy atom. The van der Waals surface area contributed by atoms with Crippen molar-refractivity contribution in [2.24, 2.45) is 0 Å². The maximum Gasteiger partial charge on any atom is 0.343 e. The summed E-state index contributed by atoms with van der Waals surface area (Å²) in [6, 6.07) is 7.72. The quantitative estimate of drug-likeness (QED) is 0.374. The van der Waals surface area contributed by atoms with Crippen LogP contribution in [0.2, 0.25) is 5.02 Å². The molecule has 0 unspecified atom stereocenters. The van der Waals surface area contributed by atoms with E-state index in [-0.39, 0.29) is 12.4 Å². The number of carbonyl (C=O) groups is 1. The number of hydrogen-bond acceptors (Lipinski definition) is 7. The Kier molecular flexibility index (Phi) is 5.04. The number of methoxy groups -OCH3 is 1. The van der Waals surface area contributed by atoms with Crippen molar-refractivity contribution in [2.45, 2.75) is 6.54 Å². The Morgan fingerprint density at radius 2 is 2.19 bits per heavy atom. The molecule has 3 aromatic rings. The average Bonchev–Trinajstić information content (AvgIpc) is 3.11. The number of nitro groups is 1. The first-order chi connectivity index (χ1) is 12.9. The predicted molar refractivity (Wildman–Crippen MR) is 94.7 cm³/mol. The van der Waals surface area contributed by atoms with E-state index in [1.54, 1.807) is 24.3 Å². The number of ether oxygens (including phenoxy) is 1. The van der Waals surface area contributed by atoms with Gasteiger partial charge in [-0.25, -0.2) is 9.78 Å². The van der Waals surface area contributed by atoms with Gasteiger partial charge in [-0.05, 0) is 18.2 Å². The lowest BCUT2D eigenvalue weighted by Crippen LogP contribution is -2.27. The van der Waals surface area contributed by atoms with Gasteiger partial charge in [0.1, 0.15) is 11.8 Å². The molecule has 0 fully saturated rings. The van der Waals surface area contributed by atoms with E-state index in [1.807, 2.05) is 0 Å². The molecule has 9 nitrogen and oxygen atoms in total. The SMILES string of the molecule is COC(=O)c1cc([N+](=O)[O-])cn(Cc2coc(-c3cccc(Cl)c3)n2)c1=O. The lowest BCUT2D eigenvalue weighted by Gasteiger charge is -2.06. The van der Waals surface area contributed by atoms with E-state index in [1.165, 1.54) is 6.26 Å². The van der Waals surface area contributed by atoms with Crippen molar-refractivity contribution in [3.8, 4) is 11.5 Å². The van der Waals surface area contributed by atoms with E-state index in [9.17, 15) is 19.7 Å². The molecule has 2 heterocycles. The van der Waals surface area contributed by atoms with Crippen molar-refractivity contribution >= 4 is 23.3 Å². The van der Waals surface area contributed by atoms with Crippen molar-refractivity contribution in [1.29, 1.82) is 0 Å². The standard InChI is InChI=1S/C17H12ClN3O6/c1-26-17(23)14-6-13(21(24)25)8-20(16(14)22)7-12-9-27-15(19-12)10-3-2-4-11(18)5-10/h2-6,8-9H,7H2,1H3. The third kappa shape index (κ3) is 3.87. The van der Waals surface area contributed by atoms with E-state index in [0.717, 1.165) is 23.9 Å². The lowest BCUT2D eigenvalue weighted by molar-refractivity contribution is -0.385. The number of hydrogen-bond donors (Lipinski definition) is 0. The maximum absolute atomic E-state index is 12.4. The van der Waals surface area contributed by atoms with Crippen LogP contribution in [0.5, 0.6) is 0 Å². The molecular weight excluding hydrogens is 378 g/mol. The van der Waals surface area contributed by atoms with Crippen molar-refractivity contribution in [2.75, 3.05) is 7.11 Å². The fourth-order valence-corrected chi connectivity index (χ4v) is 2.59. The molecule has 0 saturated heterocycles. The van der Waals surface area contributed by atoms with Crippen LogP contribution < -0.4 is 5.56 Å². The Labute approximate surface area is 156 Å². The first-order valence-corrected chi connectivity index (χ1v) is 7.94. The third-order valence-corrected chi connectivity index (χ3v) is 3.88. The normalized spacial score (nSPS) is 10.6. The van der Waals surface area contributed by atoms with Gasteiger partial charge in [0, 0.05) is 16.7 Å². The van der Waals surface area contributed by atoms with Gasteiger partial charge in [-0.3, -0.25) is 14.9 Å². The minimum absolute atomic E-state index is 0.130. The highest BCUT2D eigenvalue weighted by Gasteiger charge is 2.20. The van der Waals surface area contributed by atoms with Crippen molar-refractivity contribution < 1.29 is 18.9 Å². The second-order valence-electron chi connectivity index (χ2n) is 5.45. The van der Waals surface area contributed by atoms with Crippen molar-refractivity contribution in [1.82, 2.24) is 9.55 Å². The van der Waals surface area contributed by atoms with Crippen LogP contribution in [-0.2, 0) is 11.3 Å². The number of pyridine rings is 1. The summed E-state index contributed by atoms with van der Waals surface area (Å²) in [4.78, 5) is 38.8. The minimum atomic E-state index is -0.961. The van der Waals surface area contributed by atoms with Crippen LogP contribution in [0, 0.1) is 10.1 Å². The number of esters is 1. The zero-order chi connectivity index (χ0) is 19.6. The van der Waals surface area contributed by atoms with Crippen LogP contribution in [0.25, 0.3) is 11.5 Å². The summed E-state index contributed by atoms with van der Waals surface area (Å²) in [5.74, 6) is -0.684. The lowest BCUT2D eigenvalue weighted by atomic mass is 10.2. The summed E-state index contributed by atoms with van der Waals surface area (Å²) in [5, 5.41) is 11.6. The molecule has 27 heavy (non-hydrogen) atoms. The molecule has 3 rings (SSSR count). The molecular formula is C17H12ClN3O6. The first kappa shape index (κ1) is 18.3. The highest BCUT2D eigenvalue weighted by atomic mass is 35.5. The minimum Gasteiger partial charge on any atom is -0.465 e. The number of aromatic nitrogens is 2. The fraction of sp³-hybridized carbons (Fsp3) is 0.118. The molecule has 0 bridgehead atoms. The van der Waals surface area contributed by atoms with Gasteiger partial charge in [0.25, 0.3) is 11.2 Å². The Balaban J connectivity index is 1.98. The molecule has 0 aliphatic rings. The fourth-order valence-electron chi connectivity index (χ4n) is 2.40. The van der Waals surface area contributed by atoms with E-state index >= 15 is 0 Å². The summed E-state index contributed by atoms with van der Waals surface area (Å²) in [6.45, 7) is -0.130. The monoisotopic (exact) mass is 389 g/mol. The molecule has 10 heteroatoms. The van der Waals surface area contributed by atoms with Crippen LogP contribution in [-0.4, -0.2) is 27.6 Å². The van der Waals surface area contributed by atoms with Crippen LogP contribution in [0.3, 0.4) is 0 Å². The molecule has 0 amide bonds. The smallest absolute Gasteiger partial charge is 0.343 e. The van der Waals surface area contributed by atoms with Crippen molar-refractivity contribution in [3.05, 3.63) is 79.5 Å². The van der Waals surface area contributed by atoms with Crippen LogP contribution >= 0.6 is 11.6 Å². The van der Waals surface area contributed by atoms with E-state index in [0.29, 0.717) is 16.3 Å². The van der Waals surface area contributed by atoms with E-state index < -0.39 is 27.7 Å². The second-order valence-corrected chi connectivity index (χ2v) is 5.88. The number of carbonyl (C=O) groups excluding carboxylic acids is 1. The average molecular weight is 390 g/mol. The predicted octanol–water partition coefficient (Wildman–Crippen LogP) is 2.90. The van der Waals surface area contributed by atoms with Gasteiger partial charge in [-0.15, -0.1) is 0 Å². The molecule has 0 radical (unpaired) electrons. The molecule has 0 spiro atoms. The third-order valence-electron chi connectivity index (χ3n) is 3.64. The summed E-state index contributed by atoms with van der Waals surface area (Å²) < 4.78 is 10.9. The second kappa shape index (κ2) is 7.42. The van der Waals surface area contributed by atoms with Crippen LogP contribution in [0.4, 0.5) is 5.69 Å². The van der Waals surface area contributed by atoms with Gasteiger partial charge in [0.05, 0.1) is 30.5 Å². The number of halogens is 1. The van der Waals surface area contributed by atoms with E-state index in [4.69, 9.17) is 16.0 Å². The molecule has 0 atom stereocenters. The number of benzene rings is 1. The largest absolute Gasteiger partial charge is 0.465 e. The summed E-state index contributed by atoms with van der Waals surface area (Å²) in [5.41, 5.74) is -0.627. The van der Waals surface area contributed by atoms with Crippen molar-refractivity contribution in [3.63, 3.8) is 0 Å². The first-order valence-electron chi connectivity index (χ1n) is 7.56. The number of nitrogens with zero attached hydrogens (tertiary/aromatic N) is 3. The number of oxazole rings is 1. The highest BCUT2D eigenvalue weighted by Crippen LogP contribution is 2.22. The Morgan fingerprint density at radius 1 is 1.41 bits per heavy atom. The van der Waals surface area contributed by atoms with Crippen LogP contribution in [0.1, 0.15) is 16.1 Å². The molecule has 1 aromatic carbocycles. The van der Waals surface area contributed by atoms with Crippen LogP contribution in [0.15, 0.2) is 52.0 Å². The zero-order valence-electron chi connectivity index (χ0n) is 13.9. The number of rotatable bonds is 5. The molecule has 2 aromatic heterocycles. The Hall–Kier alpha value is -3.46. The molecule has 0 N–H and O–H groups in total. The van der Waals surface area contributed by atoms with E-state index in [2.05, 4.69) is 9.72 Å². The molecule has 0 aliphatic heterocycles. The summed E-state index contributed by atoms with van der Waals surface area (Å²) >= 11 is 5.94. The van der Waals surface area contributed by atoms with Gasteiger partial charge in [0.2, 0.25) is 5.89 Å². The molecule has 138 valence electrons. The highest BCUT2D eigenvalue weighted by molar-refractivity contribution is 6.30. The topological polar surface area (TPSA) is 117 Å².